The van der Waals surface area contributed by atoms with Gasteiger partial charge >= 0.3 is 5.97 Å². The van der Waals surface area contributed by atoms with Crippen molar-refractivity contribution in [3.63, 3.8) is 0 Å². The fourth-order valence-corrected chi connectivity index (χ4v) is 6.99. The van der Waals surface area contributed by atoms with Crippen molar-refractivity contribution in [3.05, 3.63) is 82.1 Å². The average molecular weight is 696 g/mol. The smallest absolute Gasteiger partial charge is 0.328 e. The van der Waals surface area contributed by atoms with E-state index >= 15 is 0 Å². The summed E-state index contributed by atoms with van der Waals surface area (Å²) in [7, 11) is 0. The number of amides is 1. The van der Waals surface area contributed by atoms with Crippen LogP contribution in [0.1, 0.15) is 43.5 Å². The van der Waals surface area contributed by atoms with E-state index in [1.165, 1.54) is 31.2 Å². The first-order chi connectivity index (χ1) is 23.7. The molecular weight excluding hydrogens is 659 g/mol. The minimum absolute atomic E-state index is 0.0188. The van der Waals surface area contributed by atoms with Crippen LogP contribution in [0, 0.1) is 24.8 Å². The molecule has 0 radical (unpaired) electrons. The number of anilines is 1. The zero-order chi connectivity index (χ0) is 34.9. The second-order valence-corrected chi connectivity index (χ2v) is 13.4. The normalized spacial score (nSPS) is 13.6. The Morgan fingerprint density at radius 1 is 1.10 bits per heavy atom. The largest absolute Gasteiger partial charge is 0.490 e. The molecule has 1 aliphatic heterocycles. The first-order valence-corrected chi connectivity index (χ1v) is 17.8. The monoisotopic (exact) mass is 695 g/mol. The number of nitrogens with two attached hydrogens (primary N) is 1. The standard InChI is InChI=1S/C36H37N7O4S2/c1-22-7-9-26(10-8-22)34-41-27(20-48-34)21-49-35-29(19-37)30(31(39-4)32(42-35)43-15-5-6-16-43)25-11-13-28(14-12-25)46-17-18-47-36(45)24(3)40-33(44)23(2)38/h7-14,20,23-24H,5-6,15-18,21,38H2,1-3H3,(H,40,44)/t23-,24-/m0/s1. The molecule has 0 aliphatic carbocycles. The molecule has 1 fully saturated rings. The molecular formula is C36H37N7O4S2. The number of esters is 1. The van der Waals surface area contributed by atoms with Crippen molar-refractivity contribution >= 4 is 46.5 Å². The highest BCUT2D eigenvalue weighted by molar-refractivity contribution is 7.98. The molecule has 11 nitrogen and oxygen atoms in total. The van der Waals surface area contributed by atoms with Crippen LogP contribution in [0.4, 0.5) is 11.5 Å². The van der Waals surface area contributed by atoms with Gasteiger partial charge < -0.3 is 25.4 Å². The Bertz CT molecular complexity index is 1870. The third kappa shape index (κ3) is 8.75. The van der Waals surface area contributed by atoms with Gasteiger partial charge in [0.1, 0.15) is 46.9 Å². The SMILES string of the molecule is [C-]#[N+]c1c(N2CCCC2)nc(SCc2csc(-c3ccc(C)cc3)n2)c(C#N)c1-c1ccc(OCCOC(=O)[C@H](C)NC(=O)[C@H](C)N)cc1. The van der Waals surface area contributed by atoms with Crippen LogP contribution in [0.2, 0.25) is 0 Å². The summed E-state index contributed by atoms with van der Waals surface area (Å²) in [5.41, 5.74) is 10.6. The molecule has 4 aromatic rings. The lowest BCUT2D eigenvalue weighted by Crippen LogP contribution is -2.46. The summed E-state index contributed by atoms with van der Waals surface area (Å²) in [6, 6.07) is 16.2. The molecule has 13 heteroatoms. The minimum Gasteiger partial charge on any atom is -0.490 e. The molecule has 3 N–H and O–H groups in total. The van der Waals surface area contributed by atoms with Gasteiger partial charge in [0.25, 0.3) is 0 Å². The van der Waals surface area contributed by atoms with Crippen molar-refractivity contribution in [3.8, 4) is 33.5 Å². The van der Waals surface area contributed by atoms with Gasteiger partial charge in [-0.05, 0) is 51.3 Å². The Morgan fingerprint density at radius 2 is 1.80 bits per heavy atom. The maximum atomic E-state index is 12.2. The minimum atomic E-state index is -0.838. The number of nitriles is 1. The predicted octanol–water partition coefficient (Wildman–Crippen LogP) is 6.27. The number of hydrogen-bond donors (Lipinski definition) is 2. The second kappa shape index (κ2) is 16.4. The van der Waals surface area contributed by atoms with Crippen LogP contribution in [0.5, 0.6) is 5.75 Å². The highest BCUT2D eigenvalue weighted by atomic mass is 32.2. The Hall–Kier alpha value is -4.95. The molecule has 3 heterocycles. The molecule has 2 aromatic heterocycles. The lowest BCUT2D eigenvalue weighted by atomic mass is 9.99. The molecule has 252 valence electrons. The molecule has 0 bridgehead atoms. The summed E-state index contributed by atoms with van der Waals surface area (Å²) in [5.74, 6) is 0.606. The Kier molecular flexibility index (Phi) is 11.9. The van der Waals surface area contributed by atoms with Crippen molar-refractivity contribution in [2.45, 2.75) is 56.5 Å². The van der Waals surface area contributed by atoms with Crippen LogP contribution < -0.4 is 20.7 Å². The Morgan fingerprint density at radius 3 is 2.45 bits per heavy atom. The number of thiazole rings is 1. The molecule has 5 rings (SSSR count). The van der Waals surface area contributed by atoms with E-state index in [1.807, 2.05) is 17.5 Å². The molecule has 2 atom stereocenters. The maximum absolute atomic E-state index is 12.2. The molecule has 2 aromatic carbocycles. The predicted molar refractivity (Wildman–Crippen MR) is 192 cm³/mol. The van der Waals surface area contributed by atoms with Crippen LogP contribution in [0.25, 0.3) is 26.5 Å². The summed E-state index contributed by atoms with van der Waals surface area (Å²) in [6.07, 6.45) is 2.03. The van der Waals surface area contributed by atoms with E-state index in [9.17, 15) is 14.9 Å². The van der Waals surface area contributed by atoms with Crippen LogP contribution in [0.15, 0.2) is 58.9 Å². The van der Waals surface area contributed by atoms with Crippen molar-refractivity contribution in [1.82, 2.24) is 15.3 Å². The summed E-state index contributed by atoms with van der Waals surface area (Å²) < 4.78 is 11.0. The van der Waals surface area contributed by atoms with Gasteiger partial charge in [0.2, 0.25) is 11.6 Å². The van der Waals surface area contributed by atoms with Crippen molar-refractivity contribution < 1.29 is 19.1 Å². The van der Waals surface area contributed by atoms with E-state index in [0.717, 1.165) is 42.2 Å². The molecule has 1 saturated heterocycles. The lowest BCUT2D eigenvalue weighted by Gasteiger charge is -2.22. The summed E-state index contributed by atoms with van der Waals surface area (Å²) in [5, 5.41) is 16.5. The molecule has 1 amide bonds. The number of nitrogens with one attached hydrogen (secondary N) is 1. The first kappa shape index (κ1) is 35.4. The van der Waals surface area contributed by atoms with Crippen LogP contribution >= 0.6 is 23.1 Å². The third-order valence-electron chi connectivity index (χ3n) is 7.82. The van der Waals surface area contributed by atoms with Gasteiger partial charge in [-0.2, -0.15) is 5.26 Å². The molecule has 49 heavy (non-hydrogen) atoms. The Balaban J connectivity index is 1.33. The average Bonchev–Trinajstić information content (AvgIpc) is 3.82. The molecule has 0 saturated carbocycles. The number of hydrogen-bond acceptors (Lipinski definition) is 11. The summed E-state index contributed by atoms with van der Waals surface area (Å²) in [4.78, 5) is 39.7. The number of thioether (sulfide) groups is 1. The fourth-order valence-electron chi connectivity index (χ4n) is 5.18. The number of carbonyl (C=O) groups excluding carboxylic acids is 2. The molecule has 0 spiro atoms. The summed E-state index contributed by atoms with van der Waals surface area (Å²) >= 11 is 3.03. The number of aromatic nitrogens is 2. The highest BCUT2D eigenvalue weighted by Crippen LogP contribution is 2.45. The van der Waals surface area contributed by atoms with E-state index in [4.69, 9.17) is 31.7 Å². The number of rotatable bonds is 13. The van der Waals surface area contributed by atoms with E-state index in [2.05, 4.69) is 52.3 Å². The fraction of sp³-hybridized carbons (Fsp3) is 0.333. The van der Waals surface area contributed by atoms with Gasteiger partial charge in [-0.15, -0.1) is 11.3 Å². The van der Waals surface area contributed by atoms with E-state index in [1.54, 1.807) is 23.5 Å². The molecule has 1 aliphatic rings. The Labute approximate surface area is 294 Å². The number of nitrogens with zero attached hydrogens (tertiary/aromatic N) is 5. The van der Waals surface area contributed by atoms with Crippen molar-refractivity contribution in [2.75, 3.05) is 31.2 Å². The van der Waals surface area contributed by atoms with Crippen molar-refractivity contribution in [2.24, 2.45) is 5.73 Å². The van der Waals surface area contributed by atoms with Gasteiger partial charge in [-0.1, -0.05) is 53.7 Å². The number of benzene rings is 2. The van der Waals surface area contributed by atoms with E-state index in [-0.39, 0.29) is 13.2 Å². The second-order valence-electron chi connectivity index (χ2n) is 11.6. The van der Waals surface area contributed by atoms with Gasteiger partial charge in [0.05, 0.1) is 23.9 Å². The molecule has 0 unspecified atom stereocenters. The maximum Gasteiger partial charge on any atom is 0.328 e. The summed E-state index contributed by atoms with van der Waals surface area (Å²) in [6.45, 7) is 14.9. The first-order valence-electron chi connectivity index (χ1n) is 15.9. The third-order valence-corrected chi connectivity index (χ3v) is 9.77. The number of ether oxygens (including phenoxy) is 2. The topological polar surface area (TPSA) is 148 Å². The van der Waals surface area contributed by atoms with Gasteiger partial charge in [-0.25, -0.2) is 19.6 Å². The zero-order valence-corrected chi connectivity index (χ0v) is 29.2. The van der Waals surface area contributed by atoms with Gasteiger partial charge in [0.15, 0.2) is 0 Å². The van der Waals surface area contributed by atoms with Crippen LogP contribution in [0.3, 0.4) is 0 Å². The zero-order valence-electron chi connectivity index (χ0n) is 27.6. The van der Waals surface area contributed by atoms with Gasteiger partial charge in [-0.3, -0.25) is 4.79 Å². The number of carbonyl (C=O) groups is 2. The van der Waals surface area contributed by atoms with E-state index in [0.29, 0.717) is 44.7 Å². The van der Waals surface area contributed by atoms with E-state index < -0.39 is 24.0 Å². The van der Waals surface area contributed by atoms with Crippen LogP contribution in [-0.4, -0.2) is 60.2 Å². The highest BCUT2D eigenvalue weighted by Gasteiger charge is 2.27. The van der Waals surface area contributed by atoms with Crippen molar-refractivity contribution in [1.29, 1.82) is 5.26 Å². The number of aryl methyl sites for hydroxylation is 1. The van der Waals surface area contributed by atoms with Crippen LogP contribution in [-0.2, 0) is 20.1 Å². The lowest BCUT2D eigenvalue weighted by molar-refractivity contribution is -0.148. The number of pyridine rings is 1. The van der Waals surface area contributed by atoms with Gasteiger partial charge in [0, 0.05) is 35.3 Å². The quantitative estimate of drug-likeness (QED) is 0.0710.